The van der Waals surface area contributed by atoms with Gasteiger partial charge in [-0.2, -0.15) is 0 Å². The predicted molar refractivity (Wildman–Crippen MR) is 69.3 cm³/mol. The lowest BCUT2D eigenvalue weighted by Crippen LogP contribution is -1.56. The van der Waals surface area contributed by atoms with Crippen molar-refractivity contribution in [1.29, 1.82) is 0 Å². The summed E-state index contributed by atoms with van der Waals surface area (Å²) < 4.78 is 0. The largest absolute Gasteiger partial charge is 0.299 e. The van der Waals surface area contributed by atoms with Crippen molar-refractivity contribution in [2.24, 2.45) is 0 Å². The minimum atomic E-state index is 0.764. The van der Waals surface area contributed by atoms with Gasteiger partial charge in [-0.25, -0.2) is 0 Å². The molecule has 2 nitrogen and oxygen atoms in total. The molecule has 0 amide bonds. The maximum absolute atomic E-state index is 9.65. The number of hydrogen-bond acceptors (Lipinski definition) is 2. The van der Waals surface area contributed by atoms with E-state index in [0.29, 0.717) is 0 Å². The van der Waals surface area contributed by atoms with Crippen molar-refractivity contribution in [3.05, 3.63) is 48.6 Å². The highest BCUT2D eigenvalue weighted by molar-refractivity contribution is 5.65. The van der Waals surface area contributed by atoms with Crippen LogP contribution >= 0.6 is 0 Å². The Balaban J connectivity index is 0. The van der Waals surface area contributed by atoms with Crippen LogP contribution in [0.2, 0.25) is 0 Å². The molecule has 0 fully saturated rings. The van der Waals surface area contributed by atoms with Gasteiger partial charge >= 0.3 is 0 Å². The summed E-state index contributed by atoms with van der Waals surface area (Å²) in [7, 11) is 0. The maximum Gasteiger partial charge on any atom is 0.142 e. The molecule has 0 aromatic rings. The van der Waals surface area contributed by atoms with Gasteiger partial charge in [0.15, 0.2) is 0 Å². The molecule has 16 heavy (non-hydrogen) atoms. The van der Waals surface area contributed by atoms with Crippen LogP contribution in [0.1, 0.15) is 26.7 Å². The van der Waals surface area contributed by atoms with Crippen LogP contribution in [0.25, 0.3) is 0 Å². The van der Waals surface area contributed by atoms with E-state index in [-0.39, 0.29) is 0 Å². The van der Waals surface area contributed by atoms with E-state index in [9.17, 15) is 9.59 Å². The first-order valence-corrected chi connectivity index (χ1v) is 5.37. The van der Waals surface area contributed by atoms with Gasteiger partial charge in [0, 0.05) is 0 Å². The SMILES string of the molecule is CC/C=C/C=C/C=O.CC/C=C/C=C/C=O. The molecular formula is C14H20O2. The summed E-state index contributed by atoms with van der Waals surface area (Å²) in [5.74, 6) is 0. The van der Waals surface area contributed by atoms with E-state index in [2.05, 4.69) is 0 Å². The van der Waals surface area contributed by atoms with E-state index in [1.165, 1.54) is 12.2 Å². The van der Waals surface area contributed by atoms with Crippen molar-refractivity contribution in [2.75, 3.05) is 0 Å². The molecule has 0 radical (unpaired) electrons. The van der Waals surface area contributed by atoms with Gasteiger partial charge in [-0.05, 0) is 25.0 Å². The average molecular weight is 220 g/mol. The fraction of sp³-hybridized carbons (Fsp3) is 0.286. The van der Waals surface area contributed by atoms with E-state index >= 15 is 0 Å². The van der Waals surface area contributed by atoms with Crippen molar-refractivity contribution in [3.8, 4) is 0 Å². The highest BCUT2D eigenvalue weighted by Gasteiger charge is 1.61. The summed E-state index contributed by atoms with van der Waals surface area (Å²) in [6.07, 6.45) is 17.6. The number of allylic oxidation sites excluding steroid dienone is 8. The second kappa shape index (κ2) is 19.0. The normalized spacial score (nSPS) is 11.1. The molecule has 0 N–H and O–H groups in total. The molecule has 2 heteroatoms. The van der Waals surface area contributed by atoms with Crippen molar-refractivity contribution >= 4 is 12.6 Å². The second-order valence-electron chi connectivity index (χ2n) is 2.71. The standard InChI is InChI=1S/2C7H10O/c2*1-2-3-4-5-6-7-8/h2*3-7H,2H2,1H3/b2*4-3+,6-5+. The first-order valence-electron chi connectivity index (χ1n) is 5.37. The number of aldehydes is 2. The Bertz CT molecular complexity index is 230. The highest BCUT2D eigenvalue weighted by Crippen LogP contribution is 1.79. The molecule has 0 saturated heterocycles. The molecule has 0 heterocycles. The zero-order valence-electron chi connectivity index (χ0n) is 10.0. The monoisotopic (exact) mass is 220 g/mol. The Morgan fingerprint density at radius 2 is 1.00 bits per heavy atom. The highest BCUT2D eigenvalue weighted by atomic mass is 16.1. The second-order valence-corrected chi connectivity index (χ2v) is 2.71. The molecule has 0 aromatic heterocycles. The average Bonchev–Trinajstić information content (AvgIpc) is 2.31. The number of carbonyl (C=O) groups excluding carboxylic acids is 2. The van der Waals surface area contributed by atoms with Gasteiger partial charge in [-0.3, -0.25) is 9.59 Å². The predicted octanol–water partition coefficient (Wildman–Crippen LogP) is 3.42. The Morgan fingerprint density at radius 1 is 0.625 bits per heavy atom. The molecule has 88 valence electrons. The summed E-state index contributed by atoms with van der Waals surface area (Å²) in [4.78, 5) is 19.3. The van der Waals surface area contributed by atoms with Crippen LogP contribution in [0, 0.1) is 0 Å². The van der Waals surface area contributed by atoms with Gasteiger partial charge in [-0.1, -0.05) is 50.3 Å². The van der Waals surface area contributed by atoms with Crippen molar-refractivity contribution in [1.82, 2.24) is 0 Å². The minimum absolute atomic E-state index is 0.764. The van der Waals surface area contributed by atoms with E-state index in [4.69, 9.17) is 0 Å². The topological polar surface area (TPSA) is 34.1 Å². The lowest BCUT2D eigenvalue weighted by atomic mass is 10.4. The molecule has 0 aliphatic rings. The third-order valence-corrected chi connectivity index (χ3v) is 1.35. The summed E-state index contributed by atoms with van der Waals surface area (Å²) in [6.45, 7) is 4.09. The molecule has 0 aliphatic carbocycles. The van der Waals surface area contributed by atoms with Gasteiger partial charge in [0.2, 0.25) is 0 Å². The van der Waals surface area contributed by atoms with Gasteiger partial charge in [0.1, 0.15) is 12.6 Å². The summed E-state index contributed by atoms with van der Waals surface area (Å²) in [5, 5.41) is 0. The molecule has 0 spiro atoms. The first-order chi connectivity index (χ1) is 7.83. The first kappa shape index (κ1) is 16.7. The smallest absolute Gasteiger partial charge is 0.142 e. The quantitative estimate of drug-likeness (QED) is 0.390. The van der Waals surface area contributed by atoms with Crippen LogP contribution in [-0.2, 0) is 9.59 Å². The number of rotatable bonds is 6. The van der Waals surface area contributed by atoms with Crippen molar-refractivity contribution in [3.63, 3.8) is 0 Å². The van der Waals surface area contributed by atoms with Crippen molar-refractivity contribution in [2.45, 2.75) is 26.7 Å². The maximum atomic E-state index is 9.65. The summed E-state index contributed by atoms with van der Waals surface area (Å²) in [5.41, 5.74) is 0. The van der Waals surface area contributed by atoms with Crippen LogP contribution in [0.5, 0.6) is 0 Å². The van der Waals surface area contributed by atoms with Crippen LogP contribution in [0.15, 0.2) is 48.6 Å². The molecule has 0 aromatic carbocycles. The Hall–Kier alpha value is -1.70. The van der Waals surface area contributed by atoms with E-state index < -0.39 is 0 Å². The van der Waals surface area contributed by atoms with Gasteiger partial charge in [-0.15, -0.1) is 0 Å². The summed E-state index contributed by atoms with van der Waals surface area (Å²) in [6, 6.07) is 0. The van der Waals surface area contributed by atoms with E-state index in [1.807, 2.05) is 38.2 Å². The fourth-order valence-electron chi connectivity index (χ4n) is 0.648. The van der Waals surface area contributed by atoms with Crippen LogP contribution in [0.4, 0.5) is 0 Å². The Morgan fingerprint density at radius 3 is 1.25 bits per heavy atom. The molecule has 0 rings (SSSR count). The number of carbonyl (C=O) groups is 2. The Kier molecular flexibility index (Phi) is 19.8. The van der Waals surface area contributed by atoms with Crippen molar-refractivity contribution < 1.29 is 9.59 Å². The van der Waals surface area contributed by atoms with Gasteiger partial charge < -0.3 is 0 Å². The molecule has 0 bridgehead atoms. The third-order valence-electron chi connectivity index (χ3n) is 1.35. The Labute approximate surface area is 98.1 Å². The molecule has 0 unspecified atom stereocenters. The van der Waals surface area contributed by atoms with Crippen LogP contribution in [0.3, 0.4) is 0 Å². The zero-order valence-corrected chi connectivity index (χ0v) is 10.0. The van der Waals surface area contributed by atoms with E-state index in [0.717, 1.165) is 25.4 Å². The molecule has 0 aliphatic heterocycles. The third kappa shape index (κ3) is 22.8. The number of hydrogen-bond donors (Lipinski definition) is 0. The zero-order chi connectivity index (χ0) is 12.5. The molecule has 0 saturated carbocycles. The minimum Gasteiger partial charge on any atom is -0.299 e. The molecular weight excluding hydrogens is 200 g/mol. The fourth-order valence-corrected chi connectivity index (χ4v) is 0.648. The summed E-state index contributed by atoms with van der Waals surface area (Å²) >= 11 is 0. The molecule has 0 atom stereocenters. The lowest BCUT2D eigenvalue weighted by molar-refractivity contribution is -0.104. The van der Waals surface area contributed by atoms with Crippen LogP contribution in [-0.4, -0.2) is 12.6 Å². The van der Waals surface area contributed by atoms with Crippen LogP contribution < -0.4 is 0 Å². The lowest BCUT2D eigenvalue weighted by Gasteiger charge is -1.70. The van der Waals surface area contributed by atoms with Gasteiger partial charge in [0.05, 0.1) is 0 Å². The van der Waals surface area contributed by atoms with E-state index in [1.54, 1.807) is 12.2 Å². The van der Waals surface area contributed by atoms with Gasteiger partial charge in [0.25, 0.3) is 0 Å².